The summed E-state index contributed by atoms with van der Waals surface area (Å²) >= 11 is 0. The Kier molecular flexibility index (Phi) is 2.91. The first-order valence-electron chi connectivity index (χ1n) is 4.68. The highest BCUT2D eigenvalue weighted by Crippen LogP contribution is 2.14. The van der Waals surface area contributed by atoms with Crippen molar-refractivity contribution in [3.05, 3.63) is 23.0 Å². The molecule has 0 N–H and O–H groups in total. The van der Waals surface area contributed by atoms with Gasteiger partial charge >= 0.3 is 0 Å². The second-order valence-corrected chi connectivity index (χ2v) is 3.98. The molecule has 0 atom stereocenters. The summed E-state index contributed by atoms with van der Waals surface area (Å²) in [6, 6.07) is 2.06. The summed E-state index contributed by atoms with van der Waals surface area (Å²) in [5, 5.41) is 0. The third kappa shape index (κ3) is 2.00. The molecule has 13 heavy (non-hydrogen) atoms. The van der Waals surface area contributed by atoms with Crippen molar-refractivity contribution in [1.29, 1.82) is 0 Å². The fourth-order valence-electron chi connectivity index (χ4n) is 1.63. The molecule has 0 aliphatic rings. The van der Waals surface area contributed by atoms with Gasteiger partial charge in [0.1, 0.15) is 0 Å². The van der Waals surface area contributed by atoms with Crippen LogP contribution in [0.15, 0.2) is 6.07 Å². The van der Waals surface area contributed by atoms with Crippen LogP contribution in [0.4, 0.5) is 0 Å². The monoisotopic (exact) mass is 179 g/mol. The molecular weight excluding hydrogens is 162 g/mol. The molecule has 0 saturated heterocycles. The Morgan fingerprint density at radius 3 is 2.54 bits per heavy atom. The van der Waals surface area contributed by atoms with E-state index in [2.05, 4.69) is 24.5 Å². The second-order valence-electron chi connectivity index (χ2n) is 3.98. The van der Waals surface area contributed by atoms with Gasteiger partial charge in [0.15, 0.2) is 6.29 Å². The van der Waals surface area contributed by atoms with E-state index in [1.54, 1.807) is 0 Å². The zero-order chi connectivity index (χ0) is 10.0. The van der Waals surface area contributed by atoms with Gasteiger partial charge in [-0.15, -0.1) is 0 Å². The summed E-state index contributed by atoms with van der Waals surface area (Å²) < 4.78 is 2.09. The summed E-state index contributed by atoms with van der Waals surface area (Å²) in [5.41, 5.74) is 3.08. The summed E-state index contributed by atoms with van der Waals surface area (Å²) in [7, 11) is 0. The molecule has 1 aromatic rings. The minimum atomic E-state index is 0.573. The number of rotatable bonds is 3. The molecule has 0 spiro atoms. The lowest BCUT2D eigenvalue weighted by Gasteiger charge is -2.11. The van der Waals surface area contributed by atoms with Crippen LogP contribution in [0, 0.1) is 19.8 Å². The number of nitrogens with zero attached hydrogens (tertiary/aromatic N) is 1. The summed E-state index contributed by atoms with van der Waals surface area (Å²) in [6.07, 6.45) is 0.949. The van der Waals surface area contributed by atoms with Gasteiger partial charge in [0.2, 0.25) is 0 Å². The van der Waals surface area contributed by atoms with Crippen LogP contribution in [-0.4, -0.2) is 10.9 Å². The van der Waals surface area contributed by atoms with Crippen molar-refractivity contribution in [2.45, 2.75) is 34.2 Å². The van der Waals surface area contributed by atoms with Gasteiger partial charge in [0, 0.05) is 12.2 Å². The molecule has 0 aliphatic carbocycles. The quantitative estimate of drug-likeness (QED) is 0.654. The Hall–Kier alpha value is -1.05. The molecule has 1 rings (SSSR count). The number of aromatic nitrogens is 1. The van der Waals surface area contributed by atoms with E-state index in [9.17, 15) is 4.79 Å². The molecule has 72 valence electrons. The van der Waals surface area contributed by atoms with E-state index >= 15 is 0 Å². The van der Waals surface area contributed by atoms with Gasteiger partial charge < -0.3 is 4.57 Å². The average Bonchev–Trinajstić information content (AvgIpc) is 2.26. The average molecular weight is 179 g/mol. The van der Waals surface area contributed by atoms with Crippen LogP contribution in [0.5, 0.6) is 0 Å². The minimum absolute atomic E-state index is 0.573. The van der Waals surface area contributed by atoms with Crippen LogP contribution in [0.25, 0.3) is 0 Å². The van der Waals surface area contributed by atoms with Crippen LogP contribution < -0.4 is 0 Å². The number of carbonyl (C=O) groups is 1. The van der Waals surface area contributed by atoms with Gasteiger partial charge in [-0.05, 0) is 31.4 Å². The number of hydrogen-bond donors (Lipinski definition) is 0. The molecule has 0 saturated carbocycles. The van der Waals surface area contributed by atoms with Crippen LogP contribution in [0.2, 0.25) is 0 Å². The molecule has 1 heterocycles. The highest BCUT2D eigenvalue weighted by molar-refractivity contribution is 5.75. The van der Waals surface area contributed by atoms with E-state index < -0.39 is 0 Å². The summed E-state index contributed by atoms with van der Waals surface area (Å²) in [5.74, 6) is 0.573. The molecule has 0 unspecified atom stereocenters. The van der Waals surface area contributed by atoms with Crippen molar-refractivity contribution >= 4 is 6.29 Å². The molecule has 0 fully saturated rings. The van der Waals surface area contributed by atoms with Crippen LogP contribution in [0.3, 0.4) is 0 Å². The molecule has 2 nitrogen and oxygen atoms in total. The maximum absolute atomic E-state index is 10.8. The highest BCUT2D eigenvalue weighted by atomic mass is 16.1. The molecule has 0 aromatic carbocycles. The van der Waals surface area contributed by atoms with Gasteiger partial charge in [-0.25, -0.2) is 0 Å². The van der Waals surface area contributed by atoms with Crippen molar-refractivity contribution in [1.82, 2.24) is 4.57 Å². The van der Waals surface area contributed by atoms with Gasteiger partial charge in [-0.3, -0.25) is 4.79 Å². The number of carbonyl (C=O) groups excluding carboxylic acids is 1. The van der Waals surface area contributed by atoms with Crippen molar-refractivity contribution in [3.8, 4) is 0 Å². The Labute approximate surface area is 79.6 Å². The van der Waals surface area contributed by atoms with E-state index in [-0.39, 0.29) is 0 Å². The number of aldehydes is 1. The van der Waals surface area contributed by atoms with Crippen molar-refractivity contribution in [3.63, 3.8) is 0 Å². The fraction of sp³-hybridized carbons (Fsp3) is 0.545. The zero-order valence-electron chi connectivity index (χ0n) is 8.79. The third-order valence-electron chi connectivity index (χ3n) is 2.21. The van der Waals surface area contributed by atoms with Crippen molar-refractivity contribution in [2.24, 2.45) is 5.92 Å². The van der Waals surface area contributed by atoms with Crippen LogP contribution in [-0.2, 0) is 6.54 Å². The molecule has 0 amide bonds. The van der Waals surface area contributed by atoms with E-state index in [1.807, 2.05) is 13.8 Å². The minimum Gasteiger partial charge on any atom is -0.342 e. The smallest absolute Gasteiger partial charge is 0.166 e. The van der Waals surface area contributed by atoms with Gasteiger partial charge in [-0.2, -0.15) is 0 Å². The van der Waals surface area contributed by atoms with Gasteiger partial charge in [0.25, 0.3) is 0 Å². The first kappa shape index (κ1) is 10.0. The Bertz CT molecular complexity index is 310. The molecule has 0 bridgehead atoms. The zero-order valence-corrected chi connectivity index (χ0v) is 8.79. The lowest BCUT2D eigenvalue weighted by Crippen LogP contribution is -2.09. The van der Waals surface area contributed by atoms with E-state index in [1.165, 1.54) is 5.69 Å². The second kappa shape index (κ2) is 3.77. The predicted octanol–water partition coefficient (Wildman–Crippen LogP) is 2.57. The fourth-order valence-corrected chi connectivity index (χ4v) is 1.63. The summed E-state index contributed by atoms with van der Waals surface area (Å²) in [6.45, 7) is 9.26. The molecule has 2 heteroatoms. The van der Waals surface area contributed by atoms with Crippen molar-refractivity contribution < 1.29 is 4.79 Å². The summed E-state index contributed by atoms with van der Waals surface area (Å²) in [4.78, 5) is 10.8. The molecular formula is C11H17NO. The SMILES string of the molecule is Cc1cc(C)n(CC(C)C)c1C=O. The van der Waals surface area contributed by atoms with Crippen molar-refractivity contribution in [2.75, 3.05) is 0 Å². The standard InChI is InChI=1S/C11H17NO/c1-8(2)6-12-10(4)5-9(3)11(12)7-13/h5,7-8H,6H2,1-4H3. The maximum Gasteiger partial charge on any atom is 0.166 e. The van der Waals surface area contributed by atoms with E-state index in [4.69, 9.17) is 0 Å². The topological polar surface area (TPSA) is 22.0 Å². The largest absolute Gasteiger partial charge is 0.342 e. The first-order valence-corrected chi connectivity index (χ1v) is 4.68. The predicted molar refractivity (Wildman–Crippen MR) is 54.1 cm³/mol. The molecule has 1 aromatic heterocycles. The third-order valence-corrected chi connectivity index (χ3v) is 2.21. The lowest BCUT2D eigenvalue weighted by molar-refractivity contribution is 0.111. The van der Waals surface area contributed by atoms with E-state index in [0.29, 0.717) is 5.92 Å². The van der Waals surface area contributed by atoms with Gasteiger partial charge in [0.05, 0.1) is 5.69 Å². The Balaban J connectivity index is 3.09. The molecule has 0 radical (unpaired) electrons. The Morgan fingerprint density at radius 2 is 2.08 bits per heavy atom. The first-order chi connectivity index (χ1) is 6.06. The maximum atomic E-state index is 10.8. The van der Waals surface area contributed by atoms with E-state index in [0.717, 1.165) is 24.1 Å². The van der Waals surface area contributed by atoms with Gasteiger partial charge in [-0.1, -0.05) is 13.8 Å². The normalized spacial score (nSPS) is 10.8. The number of aryl methyl sites for hydroxylation is 2. The van der Waals surface area contributed by atoms with Crippen LogP contribution >= 0.6 is 0 Å². The Morgan fingerprint density at radius 1 is 1.46 bits per heavy atom. The molecule has 0 aliphatic heterocycles. The highest BCUT2D eigenvalue weighted by Gasteiger charge is 2.09. The van der Waals surface area contributed by atoms with Crippen LogP contribution in [0.1, 0.15) is 35.6 Å². The lowest BCUT2D eigenvalue weighted by atomic mass is 10.2. The number of hydrogen-bond acceptors (Lipinski definition) is 1.